The van der Waals surface area contributed by atoms with Gasteiger partial charge in [0.25, 0.3) is 0 Å². The molecule has 0 amide bonds. The Bertz CT molecular complexity index is 305. The van der Waals surface area contributed by atoms with Crippen LogP contribution in [0, 0.1) is 0 Å². The molecule has 19 heavy (non-hydrogen) atoms. The summed E-state index contributed by atoms with van der Waals surface area (Å²) in [5.41, 5.74) is 6.03. The van der Waals surface area contributed by atoms with Crippen LogP contribution in [-0.4, -0.2) is 54.6 Å². The monoisotopic (exact) mass is 284 g/mol. The van der Waals surface area contributed by atoms with E-state index in [1.165, 1.54) is 51.6 Å². The number of hydrogen-bond donors (Lipinski definition) is 2. The zero-order chi connectivity index (χ0) is 13.7. The quantitative estimate of drug-likeness (QED) is 0.609. The summed E-state index contributed by atoms with van der Waals surface area (Å²) in [7, 11) is 2.20. The summed E-state index contributed by atoms with van der Waals surface area (Å²) in [5.74, 6) is 0.652. The molecular formula is C14H28N4S. The number of nitrogens with two attached hydrogens (primary N) is 1. The first kappa shape index (κ1) is 15.0. The average molecular weight is 284 g/mol. The fourth-order valence-electron chi connectivity index (χ4n) is 3.01. The molecule has 1 saturated carbocycles. The topological polar surface area (TPSA) is 53.6 Å². The van der Waals surface area contributed by atoms with Crippen molar-refractivity contribution in [3.05, 3.63) is 0 Å². The van der Waals surface area contributed by atoms with Gasteiger partial charge in [0.1, 0.15) is 0 Å². The van der Waals surface area contributed by atoms with Crippen LogP contribution < -0.4 is 11.1 Å². The number of hydrogen-bond acceptors (Lipinski definition) is 3. The highest BCUT2D eigenvalue weighted by molar-refractivity contribution is 8.00. The highest BCUT2D eigenvalue weighted by Crippen LogP contribution is 2.34. The maximum Gasteiger partial charge on any atom is 0.188 e. The van der Waals surface area contributed by atoms with Gasteiger partial charge in [-0.3, -0.25) is 4.99 Å². The normalized spacial score (nSPS) is 25.7. The molecule has 0 atom stereocenters. The van der Waals surface area contributed by atoms with Gasteiger partial charge < -0.3 is 16.0 Å². The first-order chi connectivity index (χ1) is 9.13. The molecule has 0 unspecified atom stereocenters. The van der Waals surface area contributed by atoms with Crippen LogP contribution in [0.5, 0.6) is 0 Å². The second-order valence-electron chi connectivity index (χ2n) is 6.02. The zero-order valence-electron chi connectivity index (χ0n) is 12.3. The van der Waals surface area contributed by atoms with E-state index in [0.29, 0.717) is 16.7 Å². The number of aliphatic imine (C=N–C) groups is 1. The van der Waals surface area contributed by atoms with Crippen molar-refractivity contribution in [1.29, 1.82) is 0 Å². The van der Waals surface area contributed by atoms with Crippen LogP contribution >= 0.6 is 11.8 Å². The van der Waals surface area contributed by atoms with E-state index in [1.54, 1.807) is 0 Å². The number of thioether (sulfide) groups is 1. The largest absolute Gasteiger partial charge is 0.370 e. The fourth-order valence-corrected chi connectivity index (χ4v) is 3.79. The number of nitrogens with zero attached hydrogens (tertiary/aromatic N) is 2. The molecule has 2 rings (SSSR count). The lowest BCUT2D eigenvalue weighted by molar-refractivity contribution is 0.242. The summed E-state index contributed by atoms with van der Waals surface area (Å²) in [6.07, 6.45) is 9.78. The first-order valence-electron chi connectivity index (χ1n) is 7.44. The summed E-state index contributed by atoms with van der Waals surface area (Å²) in [5, 5.41) is 3.38. The fraction of sp³-hybridized carbons (Fsp3) is 0.929. The smallest absolute Gasteiger partial charge is 0.188 e. The van der Waals surface area contributed by atoms with Gasteiger partial charge in [-0.25, -0.2) is 0 Å². The molecular weight excluding hydrogens is 256 g/mol. The molecule has 1 aliphatic carbocycles. The second-order valence-corrected chi connectivity index (χ2v) is 7.29. The number of guanidine groups is 1. The zero-order valence-corrected chi connectivity index (χ0v) is 13.1. The van der Waals surface area contributed by atoms with Crippen molar-refractivity contribution in [2.45, 2.75) is 49.3 Å². The minimum absolute atomic E-state index is 0.300. The SMILES string of the molecule is CSC1(CN=C(N)NC2CCCC2)CCN(C)CC1. The van der Waals surface area contributed by atoms with Gasteiger partial charge in [0.2, 0.25) is 0 Å². The summed E-state index contributed by atoms with van der Waals surface area (Å²) >= 11 is 1.96. The molecule has 2 aliphatic rings. The van der Waals surface area contributed by atoms with E-state index in [0.717, 1.165) is 6.54 Å². The summed E-state index contributed by atoms with van der Waals surface area (Å²) in [6.45, 7) is 3.20. The molecule has 0 radical (unpaired) electrons. The molecule has 0 bridgehead atoms. The van der Waals surface area contributed by atoms with Crippen LogP contribution in [0.15, 0.2) is 4.99 Å². The third-order valence-electron chi connectivity index (χ3n) is 4.58. The van der Waals surface area contributed by atoms with Crippen molar-refractivity contribution >= 4 is 17.7 Å². The van der Waals surface area contributed by atoms with E-state index in [2.05, 4.69) is 28.5 Å². The van der Waals surface area contributed by atoms with Crippen LogP contribution in [0.1, 0.15) is 38.5 Å². The van der Waals surface area contributed by atoms with Crippen LogP contribution in [0.3, 0.4) is 0 Å². The van der Waals surface area contributed by atoms with E-state index < -0.39 is 0 Å². The van der Waals surface area contributed by atoms with Gasteiger partial charge in [-0.2, -0.15) is 11.8 Å². The Balaban J connectivity index is 1.83. The molecule has 0 aromatic heterocycles. The first-order valence-corrected chi connectivity index (χ1v) is 8.66. The van der Waals surface area contributed by atoms with Crippen molar-refractivity contribution in [3.8, 4) is 0 Å². The molecule has 1 aliphatic heterocycles. The minimum Gasteiger partial charge on any atom is -0.370 e. The lowest BCUT2D eigenvalue weighted by atomic mass is 9.96. The van der Waals surface area contributed by atoms with E-state index in [4.69, 9.17) is 5.73 Å². The van der Waals surface area contributed by atoms with E-state index in [1.807, 2.05) is 11.8 Å². The van der Waals surface area contributed by atoms with Crippen molar-refractivity contribution in [2.75, 3.05) is 32.9 Å². The van der Waals surface area contributed by atoms with Gasteiger partial charge >= 0.3 is 0 Å². The third kappa shape index (κ3) is 4.28. The van der Waals surface area contributed by atoms with Crippen molar-refractivity contribution in [1.82, 2.24) is 10.2 Å². The van der Waals surface area contributed by atoms with Crippen LogP contribution in [0.25, 0.3) is 0 Å². The Morgan fingerprint density at radius 2 is 2.00 bits per heavy atom. The average Bonchev–Trinajstić information content (AvgIpc) is 2.92. The molecule has 2 fully saturated rings. The van der Waals surface area contributed by atoms with E-state index in [-0.39, 0.29) is 0 Å². The maximum atomic E-state index is 6.03. The van der Waals surface area contributed by atoms with Crippen molar-refractivity contribution < 1.29 is 0 Å². The summed E-state index contributed by atoms with van der Waals surface area (Å²) in [4.78, 5) is 7.02. The molecule has 0 spiro atoms. The van der Waals surface area contributed by atoms with E-state index >= 15 is 0 Å². The Morgan fingerprint density at radius 1 is 1.37 bits per heavy atom. The van der Waals surface area contributed by atoms with Gasteiger partial charge in [-0.05, 0) is 52.1 Å². The van der Waals surface area contributed by atoms with Crippen molar-refractivity contribution in [2.24, 2.45) is 10.7 Å². The lowest BCUT2D eigenvalue weighted by Crippen LogP contribution is -2.44. The molecule has 4 nitrogen and oxygen atoms in total. The summed E-state index contributed by atoms with van der Waals surface area (Å²) in [6, 6.07) is 0.562. The Kier molecular flexibility index (Phi) is 5.39. The Morgan fingerprint density at radius 3 is 2.58 bits per heavy atom. The second kappa shape index (κ2) is 6.84. The maximum absolute atomic E-state index is 6.03. The van der Waals surface area contributed by atoms with Gasteiger partial charge in [0, 0.05) is 10.8 Å². The predicted octanol–water partition coefficient (Wildman–Crippen LogP) is 1.66. The van der Waals surface area contributed by atoms with Crippen LogP contribution in [-0.2, 0) is 0 Å². The molecule has 0 aromatic rings. The highest BCUT2D eigenvalue weighted by atomic mass is 32.2. The van der Waals surface area contributed by atoms with E-state index in [9.17, 15) is 0 Å². The molecule has 5 heteroatoms. The molecule has 1 saturated heterocycles. The number of nitrogens with one attached hydrogen (secondary N) is 1. The van der Waals surface area contributed by atoms with Gasteiger partial charge in [-0.15, -0.1) is 0 Å². The molecule has 3 N–H and O–H groups in total. The minimum atomic E-state index is 0.300. The highest BCUT2D eigenvalue weighted by Gasteiger charge is 2.32. The molecule has 110 valence electrons. The predicted molar refractivity (Wildman–Crippen MR) is 84.9 cm³/mol. The number of piperidine rings is 1. The molecule has 1 heterocycles. The Hall–Kier alpha value is -0.420. The van der Waals surface area contributed by atoms with Gasteiger partial charge in [0.15, 0.2) is 5.96 Å². The lowest BCUT2D eigenvalue weighted by Gasteiger charge is -2.38. The molecule has 0 aromatic carbocycles. The third-order valence-corrected chi connectivity index (χ3v) is 5.98. The number of rotatable bonds is 4. The van der Waals surface area contributed by atoms with Crippen LogP contribution in [0.4, 0.5) is 0 Å². The number of likely N-dealkylation sites (tertiary alicyclic amines) is 1. The van der Waals surface area contributed by atoms with Crippen LogP contribution in [0.2, 0.25) is 0 Å². The van der Waals surface area contributed by atoms with Gasteiger partial charge in [0.05, 0.1) is 6.54 Å². The van der Waals surface area contributed by atoms with Gasteiger partial charge in [-0.1, -0.05) is 12.8 Å². The Labute approximate surface area is 121 Å². The van der Waals surface area contributed by atoms with Crippen molar-refractivity contribution in [3.63, 3.8) is 0 Å². The standard InChI is InChI=1S/C14H28N4S/c1-18-9-7-14(19-2,8-10-18)11-16-13(15)17-12-5-3-4-6-12/h12H,3-11H2,1-2H3,(H3,15,16,17). The summed E-state index contributed by atoms with van der Waals surface area (Å²) < 4.78 is 0.300.